The highest BCUT2D eigenvalue weighted by atomic mass is 19.1. The molecule has 0 radical (unpaired) electrons. The van der Waals surface area contributed by atoms with Crippen LogP contribution in [0, 0.1) is 5.82 Å². The third-order valence-corrected chi connectivity index (χ3v) is 3.30. The molecular formula is C17H15FN2O3. The molecule has 1 heterocycles. The van der Waals surface area contributed by atoms with Crippen LogP contribution in [0.25, 0.3) is 10.9 Å². The lowest BCUT2D eigenvalue weighted by Gasteiger charge is -2.06. The van der Waals surface area contributed by atoms with Gasteiger partial charge in [0.25, 0.3) is 5.91 Å². The maximum atomic E-state index is 13.2. The van der Waals surface area contributed by atoms with E-state index < -0.39 is 0 Å². The maximum Gasteiger partial charge on any atom is 0.272 e. The maximum absolute atomic E-state index is 13.2. The molecule has 0 aliphatic rings. The summed E-state index contributed by atoms with van der Waals surface area (Å²) in [6, 6.07) is 12.7. The highest BCUT2D eigenvalue weighted by Crippen LogP contribution is 2.19. The lowest BCUT2D eigenvalue weighted by molar-refractivity contribution is 0.102. The van der Waals surface area contributed by atoms with Gasteiger partial charge in [-0.25, -0.2) is 4.39 Å². The van der Waals surface area contributed by atoms with E-state index in [1.165, 1.54) is 12.1 Å². The standard InChI is InChI=1S/C17H15FN2O3/c18-12-1-6-15-11(9-12)10-16(20-15)17(22)19-13-2-4-14(5-3-13)23-8-7-21/h1-6,9-10,20-21H,7-8H2,(H,19,22). The van der Waals surface area contributed by atoms with Gasteiger partial charge in [-0.3, -0.25) is 4.79 Å². The molecule has 0 unspecified atom stereocenters. The number of benzene rings is 2. The van der Waals surface area contributed by atoms with Crippen molar-refractivity contribution in [3.63, 3.8) is 0 Å². The second-order valence-electron chi connectivity index (χ2n) is 4.97. The summed E-state index contributed by atoms with van der Waals surface area (Å²) in [7, 11) is 0. The fourth-order valence-corrected chi connectivity index (χ4v) is 2.22. The van der Waals surface area contributed by atoms with E-state index in [9.17, 15) is 9.18 Å². The number of carbonyl (C=O) groups is 1. The molecule has 0 saturated heterocycles. The van der Waals surface area contributed by atoms with E-state index in [4.69, 9.17) is 9.84 Å². The first-order valence-corrected chi connectivity index (χ1v) is 7.09. The molecule has 0 aliphatic heterocycles. The molecule has 3 N–H and O–H groups in total. The summed E-state index contributed by atoms with van der Waals surface area (Å²) in [6.07, 6.45) is 0. The van der Waals surface area contributed by atoms with Crippen LogP contribution in [0.5, 0.6) is 5.75 Å². The van der Waals surface area contributed by atoms with E-state index in [0.29, 0.717) is 28.0 Å². The molecule has 0 spiro atoms. The van der Waals surface area contributed by atoms with Crippen molar-refractivity contribution in [3.8, 4) is 5.75 Å². The van der Waals surface area contributed by atoms with Crippen LogP contribution in [-0.2, 0) is 0 Å². The summed E-state index contributed by atoms with van der Waals surface area (Å²) in [6.45, 7) is 0.163. The quantitative estimate of drug-likeness (QED) is 0.678. The smallest absolute Gasteiger partial charge is 0.272 e. The minimum Gasteiger partial charge on any atom is -0.491 e. The van der Waals surface area contributed by atoms with Crippen molar-refractivity contribution in [3.05, 3.63) is 60.0 Å². The minimum absolute atomic E-state index is 0.0561. The largest absolute Gasteiger partial charge is 0.491 e. The van der Waals surface area contributed by atoms with Gasteiger partial charge in [-0.1, -0.05) is 0 Å². The van der Waals surface area contributed by atoms with E-state index in [1.807, 2.05) is 0 Å². The van der Waals surface area contributed by atoms with Gasteiger partial charge in [0, 0.05) is 16.6 Å². The number of anilines is 1. The first kappa shape index (κ1) is 15.1. The van der Waals surface area contributed by atoms with E-state index in [-0.39, 0.29) is 24.9 Å². The number of hydrogen-bond donors (Lipinski definition) is 3. The lowest BCUT2D eigenvalue weighted by atomic mass is 10.2. The van der Waals surface area contributed by atoms with Crippen molar-refractivity contribution in [2.45, 2.75) is 0 Å². The summed E-state index contributed by atoms with van der Waals surface area (Å²) in [5.41, 5.74) is 1.66. The van der Waals surface area contributed by atoms with E-state index in [0.717, 1.165) is 0 Å². The van der Waals surface area contributed by atoms with Gasteiger partial charge < -0.3 is 20.1 Å². The molecular weight excluding hydrogens is 299 g/mol. The number of H-pyrrole nitrogens is 1. The normalized spacial score (nSPS) is 10.7. The molecule has 1 amide bonds. The van der Waals surface area contributed by atoms with Crippen LogP contribution in [0.1, 0.15) is 10.5 Å². The van der Waals surface area contributed by atoms with E-state index >= 15 is 0 Å². The van der Waals surface area contributed by atoms with Gasteiger partial charge in [0.15, 0.2) is 0 Å². The molecule has 5 nitrogen and oxygen atoms in total. The van der Waals surface area contributed by atoms with Crippen LogP contribution < -0.4 is 10.1 Å². The Kier molecular flexibility index (Phi) is 4.25. The number of fused-ring (bicyclic) bond motifs is 1. The van der Waals surface area contributed by atoms with Gasteiger partial charge in [-0.05, 0) is 48.5 Å². The van der Waals surface area contributed by atoms with Gasteiger partial charge in [0.1, 0.15) is 23.9 Å². The van der Waals surface area contributed by atoms with Crippen molar-refractivity contribution >= 4 is 22.5 Å². The Bertz CT molecular complexity index is 827. The highest BCUT2D eigenvalue weighted by molar-refractivity contribution is 6.05. The predicted octanol–water partition coefficient (Wildman–Crippen LogP) is 2.93. The zero-order valence-corrected chi connectivity index (χ0v) is 12.2. The molecule has 2 aromatic carbocycles. The monoisotopic (exact) mass is 314 g/mol. The lowest BCUT2D eigenvalue weighted by Crippen LogP contribution is -2.12. The van der Waals surface area contributed by atoms with Crippen molar-refractivity contribution in [2.24, 2.45) is 0 Å². The van der Waals surface area contributed by atoms with E-state index in [2.05, 4.69) is 10.3 Å². The van der Waals surface area contributed by atoms with Gasteiger partial charge in [0.2, 0.25) is 0 Å². The average molecular weight is 314 g/mol. The third-order valence-electron chi connectivity index (χ3n) is 3.30. The average Bonchev–Trinajstić information content (AvgIpc) is 2.97. The summed E-state index contributed by atoms with van der Waals surface area (Å²) in [4.78, 5) is 15.2. The molecule has 3 rings (SSSR count). The van der Waals surface area contributed by atoms with Gasteiger partial charge in [-0.2, -0.15) is 0 Å². The Labute approximate surface area is 131 Å². The molecule has 23 heavy (non-hydrogen) atoms. The number of aliphatic hydroxyl groups is 1. The highest BCUT2D eigenvalue weighted by Gasteiger charge is 2.10. The van der Waals surface area contributed by atoms with Gasteiger partial charge in [-0.15, -0.1) is 0 Å². The molecule has 0 saturated carbocycles. The topological polar surface area (TPSA) is 74.3 Å². The molecule has 118 valence electrons. The van der Waals surface area contributed by atoms with Crippen LogP contribution in [-0.4, -0.2) is 29.2 Å². The number of aliphatic hydroxyl groups excluding tert-OH is 1. The molecule has 6 heteroatoms. The molecule has 0 bridgehead atoms. The Morgan fingerprint density at radius 3 is 2.70 bits per heavy atom. The van der Waals surface area contributed by atoms with Gasteiger partial charge >= 0.3 is 0 Å². The first-order chi connectivity index (χ1) is 11.2. The fraction of sp³-hybridized carbons (Fsp3) is 0.118. The molecule has 0 aliphatic carbocycles. The number of amides is 1. The van der Waals surface area contributed by atoms with Crippen molar-refractivity contribution in [2.75, 3.05) is 18.5 Å². The van der Waals surface area contributed by atoms with Crippen molar-refractivity contribution in [1.82, 2.24) is 4.98 Å². The van der Waals surface area contributed by atoms with E-state index in [1.54, 1.807) is 36.4 Å². The zero-order chi connectivity index (χ0) is 16.2. The van der Waals surface area contributed by atoms with Crippen molar-refractivity contribution < 1.29 is 19.0 Å². The molecule has 3 aromatic rings. The fourth-order valence-electron chi connectivity index (χ4n) is 2.22. The van der Waals surface area contributed by atoms with Crippen LogP contribution in [0.3, 0.4) is 0 Å². The number of carbonyl (C=O) groups excluding carboxylic acids is 1. The van der Waals surface area contributed by atoms with Crippen LogP contribution in [0.4, 0.5) is 10.1 Å². The SMILES string of the molecule is O=C(Nc1ccc(OCCO)cc1)c1cc2cc(F)ccc2[nH]1. The third kappa shape index (κ3) is 3.49. The number of rotatable bonds is 5. The number of hydrogen-bond acceptors (Lipinski definition) is 3. The Morgan fingerprint density at radius 2 is 1.96 bits per heavy atom. The summed E-state index contributed by atoms with van der Waals surface area (Å²) in [5, 5.41) is 12.1. The van der Waals surface area contributed by atoms with Crippen LogP contribution >= 0.6 is 0 Å². The zero-order valence-electron chi connectivity index (χ0n) is 12.2. The Morgan fingerprint density at radius 1 is 1.17 bits per heavy atom. The first-order valence-electron chi connectivity index (χ1n) is 7.09. The summed E-state index contributed by atoms with van der Waals surface area (Å²) >= 11 is 0. The van der Waals surface area contributed by atoms with Crippen LogP contribution in [0.15, 0.2) is 48.5 Å². The number of halogens is 1. The number of nitrogens with one attached hydrogen (secondary N) is 2. The summed E-state index contributed by atoms with van der Waals surface area (Å²) < 4.78 is 18.4. The minimum atomic E-state index is -0.345. The second kappa shape index (κ2) is 6.50. The Hall–Kier alpha value is -2.86. The summed E-state index contributed by atoms with van der Waals surface area (Å²) in [5.74, 6) is -0.0503. The molecule has 1 aromatic heterocycles. The second-order valence-corrected chi connectivity index (χ2v) is 4.97. The number of aromatic amines is 1. The number of aromatic nitrogens is 1. The van der Waals surface area contributed by atoms with Crippen molar-refractivity contribution in [1.29, 1.82) is 0 Å². The molecule has 0 atom stereocenters. The Balaban J connectivity index is 1.72. The number of ether oxygens (including phenoxy) is 1. The molecule has 0 fully saturated rings. The predicted molar refractivity (Wildman–Crippen MR) is 85.2 cm³/mol. The van der Waals surface area contributed by atoms with Gasteiger partial charge in [0.05, 0.1) is 6.61 Å². The van der Waals surface area contributed by atoms with Crippen LogP contribution in [0.2, 0.25) is 0 Å².